The van der Waals surface area contributed by atoms with Gasteiger partial charge in [0.2, 0.25) is 0 Å². The molecule has 0 aliphatic heterocycles. The molecule has 0 aliphatic rings. The lowest BCUT2D eigenvalue weighted by atomic mass is 10.0. The van der Waals surface area contributed by atoms with Gasteiger partial charge >= 0.3 is 0 Å². The van der Waals surface area contributed by atoms with Gasteiger partial charge in [-0.05, 0) is 18.4 Å². The van der Waals surface area contributed by atoms with Gasteiger partial charge in [0.25, 0.3) is 0 Å². The number of hydrogen-bond acceptors (Lipinski definition) is 3. The highest BCUT2D eigenvalue weighted by Crippen LogP contribution is 2.30. The number of aliphatic hydroxyl groups is 1. The van der Waals surface area contributed by atoms with Crippen LogP contribution in [0.3, 0.4) is 0 Å². The number of anilines is 1. The molecular weight excluding hydrogens is 282 g/mol. The Balaban J connectivity index is 2.89. The molecule has 0 bridgehead atoms. The normalized spacial score (nSPS) is 12.9. The molecule has 0 aromatic carbocycles. The van der Waals surface area contributed by atoms with E-state index in [0.717, 1.165) is 0 Å². The highest BCUT2D eigenvalue weighted by Gasteiger charge is 2.16. The summed E-state index contributed by atoms with van der Waals surface area (Å²) in [5, 5.41) is 13.1. The van der Waals surface area contributed by atoms with Crippen molar-refractivity contribution >= 4 is 40.6 Å². The summed E-state index contributed by atoms with van der Waals surface area (Å²) in [5.41, 5.74) is 0. The first kappa shape index (κ1) is 14.8. The second-order valence-corrected chi connectivity index (χ2v) is 5.27. The lowest BCUT2D eigenvalue weighted by Gasteiger charge is -2.22. The van der Waals surface area contributed by atoms with E-state index in [2.05, 4.69) is 24.1 Å². The second-order valence-electron chi connectivity index (χ2n) is 4.10. The van der Waals surface area contributed by atoms with E-state index in [1.54, 1.807) is 6.07 Å². The van der Waals surface area contributed by atoms with Crippen LogP contribution in [0.2, 0.25) is 15.2 Å². The largest absolute Gasteiger partial charge is 0.396 e. The maximum Gasteiger partial charge on any atom is 0.150 e. The lowest BCUT2D eigenvalue weighted by molar-refractivity contribution is 0.267. The van der Waals surface area contributed by atoms with Crippen LogP contribution in [-0.2, 0) is 0 Å². The van der Waals surface area contributed by atoms with Gasteiger partial charge in [-0.1, -0.05) is 48.7 Å². The van der Waals surface area contributed by atoms with Crippen LogP contribution in [0.15, 0.2) is 6.07 Å². The maximum atomic E-state index is 8.99. The molecule has 0 spiro atoms. The number of nitrogens with zero attached hydrogens (tertiary/aromatic N) is 1. The number of halogens is 3. The molecule has 1 atom stereocenters. The third-order valence-electron chi connectivity index (χ3n) is 2.45. The molecule has 96 valence electrons. The minimum atomic E-state index is 0.0854. The number of hydrogen-bond donors (Lipinski definition) is 2. The molecule has 6 heteroatoms. The minimum absolute atomic E-state index is 0.0854. The van der Waals surface area contributed by atoms with Crippen molar-refractivity contribution in [3.8, 4) is 0 Å². The van der Waals surface area contributed by atoms with E-state index in [4.69, 9.17) is 39.9 Å². The summed E-state index contributed by atoms with van der Waals surface area (Å²) in [6.45, 7) is 4.21. The Morgan fingerprint density at radius 2 is 1.94 bits per heavy atom. The predicted molar refractivity (Wildman–Crippen MR) is 73.2 cm³/mol. The number of nitrogens with one attached hydrogen (secondary N) is 1. The SMILES string of the molecule is CC(C)C(CCO)Nc1nc(Cl)c(Cl)cc1Cl. The van der Waals surface area contributed by atoms with Crippen molar-refractivity contribution in [1.82, 2.24) is 4.98 Å². The molecule has 1 aromatic rings. The fourth-order valence-corrected chi connectivity index (χ4v) is 1.98. The Labute approximate surface area is 116 Å². The Morgan fingerprint density at radius 3 is 2.47 bits per heavy atom. The highest BCUT2D eigenvalue weighted by molar-refractivity contribution is 6.42. The molecule has 0 amide bonds. The van der Waals surface area contributed by atoms with Crippen molar-refractivity contribution in [2.45, 2.75) is 26.3 Å². The van der Waals surface area contributed by atoms with Crippen molar-refractivity contribution < 1.29 is 5.11 Å². The number of aromatic nitrogens is 1. The first-order valence-electron chi connectivity index (χ1n) is 5.34. The van der Waals surface area contributed by atoms with Crippen molar-refractivity contribution in [1.29, 1.82) is 0 Å². The van der Waals surface area contributed by atoms with Crippen LogP contribution in [0.5, 0.6) is 0 Å². The van der Waals surface area contributed by atoms with Gasteiger partial charge in [-0.2, -0.15) is 0 Å². The number of pyridine rings is 1. The lowest BCUT2D eigenvalue weighted by Crippen LogP contribution is -2.27. The summed E-state index contributed by atoms with van der Waals surface area (Å²) in [6.07, 6.45) is 0.621. The molecule has 1 unspecified atom stereocenters. The fourth-order valence-electron chi connectivity index (χ4n) is 1.43. The van der Waals surface area contributed by atoms with E-state index < -0.39 is 0 Å². The third-order valence-corrected chi connectivity index (χ3v) is 3.41. The molecule has 0 saturated heterocycles. The first-order chi connectivity index (χ1) is 7.95. The zero-order chi connectivity index (χ0) is 13.0. The summed E-state index contributed by atoms with van der Waals surface area (Å²) in [6, 6.07) is 1.64. The van der Waals surface area contributed by atoms with Crippen LogP contribution in [0.1, 0.15) is 20.3 Å². The molecule has 0 aliphatic carbocycles. The zero-order valence-corrected chi connectivity index (χ0v) is 11.9. The molecule has 0 fully saturated rings. The van der Waals surface area contributed by atoms with Gasteiger partial charge < -0.3 is 10.4 Å². The van der Waals surface area contributed by atoms with E-state index in [0.29, 0.717) is 28.2 Å². The topological polar surface area (TPSA) is 45.1 Å². The van der Waals surface area contributed by atoms with Gasteiger partial charge in [0.1, 0.15) is 11.0 Å². The van der Waals surface area contributed by atoms with Gasteiger partial charge in [0, 0.05) is 12.6 Å². The van der Waals surface area contributed by atoms with Gasteiger partial charge in [-0.15, -0.1) is 0 Å². The Kier molecular flexibility index (Phi) is 5.80. The second kappa shape index (κ2) is 6.64. The summed E-state index contributed by atoms with van der Waals surface area (Å²) < 4.78 is 0. The zero-order valence-electron chi connectivity index (χ0n) is 9.67. The van der Waals surface area contributed by atoms with Gasteiger partial charge in [-0.3, -0.25) is 0 Å². The van der Waals surface area contributed by atoms with Gasteiger partial charge in [0.15, 0.2) is 0 Å². The average molecular weight is 298 g/mol. The molecule has 0 saturated carbocycles. The Hall–Kier alpha value is -0.220. The van der Waals surface area contributed by atoms with Crippen LogP contribution in [0.25, 0.3) is 0 Å². The summed E-state index contributed by atoms with van der Waals surface area (Å²) in [5.74, 6) is 0.836. The molecule has 1 aromatic heterocycles. The molecule has 1 rings (SSSR count). The predicted octanol–water partition coefficient (Wildman–Crippen LogP) is 3.86. The first-order valence-corrected chi connectivity index (χ1v) is 6.48. The molecule has 0 radical (unpaired) electrons. The average Bonchev–Trinajstić information content (AvgIpc) is 2.24. The van der Waals surface area contributed by atoms with Crippen LogP contribution >= 0.6 is 34.8 Å². The van der Waals surface area contributed by atoms with Crippen LogP contribution in [0.4, 0.5) is 5.82 Å². The third kappa shape index (κ3) is 4.18. The summed E-state index contributed by atoms with van der Waals surface area (Å²) in [4.78, 5) is 4.09. The maximum absolute atomic E-state index is 8.99. The quantitative estimate of drug-likeness (QED) is 0.811. The Morgan fingerprint density at radius 1 is 1.29 bits per heavy atom. The molecule has 1 heterocycles. The highest BCUT2D eigenvalue weighted by atomic mass is 35.5. The molecular formula is C11H15Cl3N2O. The molecule has 3 nitrogen and oxygen atoms in total. The van der Waals surface area contributed by atoms with Gasteiger partial charge in [-0.25, -0.2) is 4.98 Å². The summed E-state index contributed by atoms with van der Waals surface area (Å²) >= 11 is 17.7. The fraction of sp³-hybridized carbons (Fsp3) is 0.545. The van der Waals surface area contributed by atoms with Crippen molar-refractivity contribution in [3.05, 3.63) is 21.3 Å². The Bertz CT molecular complexity index is 385. The van der Waals surface area contributed by atoms with E-state index in [1.165, 1.54) is 0 Å². The molecule has 17 heavy (non-hydrogen) atoms. The van der Waals surface area contributed by atoms with Crippen LogP contribution < -0.4 is 5.32 Å². The van der Waals surface area contributed by atoms with Crippen molar-refractivity contribution in [3.63, 3.8) is 0 Å². The van der Waals surface area contributed by atoms with E-state index >= 15 is 0 Å². The van der Waals surface area contributed by atoms with Crippen LogP contribution in [-0.4, -0.2) is 22.7 Å². The minimum Gasteiger partial charge on any atom is -0.396 e. The van der Waals surface area contributed by atoms with E-state index in [9.17, 15) is 0 Å². The number of aliphatic hydroxyl groups excluding tert-OH is 1. The number of rotatable bonds is 5. The smallest absolute Gasteiger partial charge is 0.150 e. The van der Waals surface area contributed by atoms with Crippen molar-refractivity contribution in [2.75, 3.05) is 11.9 Å². The van der Waals surface area contributed by atoms with Crippen molar-refractivity contribution in [2.24, 2.45) is 5.92 Å². The standard InChI is InChI=1S/C11H15Cl3N2O/c1-6(2)9(3-4-17)15-11-8(13)5-7(12)10(14)16-11/h5-6,9,17H,3-4H2,1-2H3,(H,15,16). The van der Waals surface area contributed by atoms with Gasteiger partial charge in [0.05, 0.1) is 10.0 Å². The van der Waals surface area contributed by atoms with E-state index in [-0.39, 0.29) is 17.8 Å². The monoisotopic (exact) mass is 296 g/mol. The molecule has 2 N–H and O–H groups in total. The van der Waals surface area contributed by atoms with E-state index in [1.807, 2.05) is 0 Å². The summed E-state index contributed by atoms with van der Waals surface area (Å²) in [7, 11) is 0. The van der Waals surface area contributed by atoms with Crippen LogP contribution in [0, 0.1) is 5.92 Å².